The van der Waals surface area contributed by atoms with Gasteiger partial charge in [0.25, 0.3) is 0 Å². The van der Waals surface area contributed by atoms with E-state index >= 15 is 0 Å². The van der Waals surface area contributed by atoms with E-state index in [0.717, 1.165) is 12.3 Å². The monoisotopic (exact) mass is 241 g/mol. The molecule has 15 heavy (non-hydrogen) atoms. The molecule has 2 aliphatic carbocycles. The third-order valence-corrected chi connectivity index (χ3v) is 4.68. The Kier molecular flexibility index (Phi) is 2.08. The Bertz CT molecular complexity index is 418. The van der Waals surface area contributed by atoms with Crippen LogP contribution in [0.2, 0.25) is 10.0 Å². The molecule has 0 amide bonds. The van der Waals surface area contributed by atoms with Crippen LogP contribution >= 0.6 is 23.2 Å². The zero-order valence-corrected chi connectivity index (χ0v) is 9.85. The first-order valence-electron chi connectivity index (χ1n) is 5.33. The van der Waals surface area contributed by atoms with Gasteiger partial charge >= 0.3 is 0 Å². The Labute approximate surface area is 99.6 Å². The highest BCUT2D eigenvalue weighted by Gasteiger charge is 2.60. The molecular weight excluding hydrogens is 229 g/mol. The molecule has 3 heteroatoms. The van der Waals surface area contributed by atoms with E-state index in [1.807, 2.05) is 12.1 Å². The van der Waals surface area contributed by atoms with E-state index in [2.05, 4.69) is 6.07 Å². The van der Waals surface area contributed by atoms with Crippen molar-refractivity contribution in [1.29, 1.82) is 0 Å². The van der Waals surface area contributed by atoms with Crippen molar-refractivity contribution >= 4 is 23.2 Å². The standard InChI is InChI=1S/C12H13Cl2N/c13-10-2-1-7(4-11(10)14)12-5-8(12)3-9(15)6-12/h1-2,4,8-9H,3,5-6,15H2/t8-,9?,12-/m0/s1. The molecule has 80 valence electrons. The van der Waals surface area contributed by atoms with Gasteiger partial charge in [-0.05, 0) is 42.9 Å². The maximum atomic E-state index is 6.05. The van der Waals surface area contributed by atoms with Gasteiger partial charge in [0, 0.05) is 11.5 Å². The van der Waals surface area contributed by atoms with Crippen LogP contribution in [-0.2, 0) is 5.41 Å². The van der Waals surface area contributed by atoms with Gasteiger partial charge in [0.2, 0.25) is 0 Å². The molecule has 2 fully saturated rings. The third-order valence-electron chi connectivity index (χ3n) is 3.94. The van der Waals surface area contributed by atoms with Gasteiger partial charge in [0.05, 0.1) is 10.0 Å². The maximum Gasteiger partial charge on any atom is 0.0595 e. The quantitative estimate of drug-likeness (QED) is 0.802. The topological polar surface area (TPSA) is 26.0 Å². The summed E-state index contributed by atoms with van der Waals surface area (Å²) in [5.74, 6) is 0.782. The minimum absolute atomic E-state index is 0.341. The molecule has 1 unspecified atom stereocenters. The summed E-state index contributed by atoms with van der Waals surface area (Å²) in [5, 5.41) is 1.30. The number of fused-ring (bicyclic) bond motifs is 1. The predicted octanol–water partition coefficient (Wildman–Crippen LogP) is 3.37. The number of halogens is 2. The van der Waals surface area contributed by atoms with Crippen molar-refractivity contribution in [3.05, 3.63) is 33.8 Å². The van der Waals surface area contributed by atoms with Crippen LogP contribution in [0.5, 0.6) is 0 Å². The van der Waals surface area contributed by atoms with Crippen LogP contribution in [0, 0.1) is 5.92 Å². The lowest BCUT2D eigenvalue weighted by Gasteiger charge is -2.15. The van der Waals surface area contributed by atoms with E-state index in [1.54, 1.807) is 0 Å². The Morgan fingerprint density at radius 3 is 2.60 bits per heavy atom. The van der Waals surface area contributed by atoms with Crippen LogP contribution in [0.4, 0.5) is 0 Å². The second-order valence-corrected chi connectivity index (χ2v) is 5.70. The molecule has 2 N–H and O–H groups in total. The van der Waals surface area contributed by atoms with Crippen molar-refractivity contribution in [3.63, 3.8) is 0 Å². The van der Waals surface area contributed by atoms with Gasteiger partial charge in [-0.25, -0.2) is 0 Å². The molecule has 0 saturated heterocycles. The van der Waals surface area contributed by atoms with Crippen molar-refractivity contribution in [2.75, 3.05) is 0 Å². The summed E-state index contributed by atoms with van der Waals surface area (Å²) in [4.78, 5) is 0. The highest BCUT2D eigenvalue weighted by Crippen LogP contribution is 2.64. The Hall–Kier alpha value is -0.240. The minimum atomic E-state index is 0.341. The van der Waals surface area contributed by atoms with E-state index in [4.69, 9.17) is 28.9 Å². The number of benzene rings is 1. The summed E-state index contributed by atoms with van der Waals surface area (Å²) < 4.78 is 0. The number of rotatable bonds is 1. The van der Waals surface area contributed by atoms with Crippen LogP contribution < -0.4 is 5.73 Å². The molecule has 2 saturated carbocycles. The van der Waals surface area contributed by atoms with Crippen molar-refractivity contribution in [2.45, 2.75) is 30.7 Å². The molecular formula is C12H13Cl2N. The molecule has 0 heterocycles. The molecule has 0 spiro atoms. The minimum Gasteiger partial charge on any atom is -0.328 e. The van der Waals surface area contributed by atoms with Crippen LogP contribution in [0.15, 0.2) is 18.2 Å². The van der Waals surface area contributed by atoms with E-state index < -0.39 is 0 Å². The predicted molar refractivity (Wildman–Crippen MR) is 63.5 cm³/mol. The second kappa shape index (κ2) is 3.13. The summed E-state index contributed by atoms with van der Waals surface area (Å²) >= 11 is 12.0. The lowest BCUT2D eigenvalue weighted by atomic mass is 9.92. The van der Waals surface area contributed by atoms with Gasteiger partial charge < -0.3 is 5.73 Å². The maximum absolute atomic E-state index is 6.05. The Morgan fingerprint density at radius 1 is 1.20 bits per heavy atom. The van der Waals surface area contributed by atoms with E-state index in [-0.39, 0.29) is 0 Å². The highest BCUT2D eigenvalue weighted by molar-refractivity contribution is 6.42. The van der Waals surface area contributed by atoms with Crippen molar-refractivity contribution in [3.8, 4) is 0 Å². The Morgan fingerprint density at radius 2 is 2.00 bits per heavy atom. The van der Waals surface area contributed by atoms with Gasteiger partial charge in [0.1, 0.15) is 0 Å². The van der Waals surface area contributed by atoms with Crippen molar-refractivity contribution in [2.24, 2.45) is 11.7 Å². The summed E-state index contributed by atoms with van der Waals surface area (Å²) in [6.07, 6.45) is 3.55. The van der Waals surface area contributed by atoms with Gasteiger partial charge in [-0.1, -0.05) is 29.3 Å². The van der Waals surface area contributed by atoms with Crippen molar-refractivity contribution < 1.29 is 0 Å². The zero-order valence-electron chi connectivity index (χ0n) is 8.34. The fourth-order valence-electron chi connectivity index (χ4n) is 3.13. The molecule has 0 radical (unpaired) electrons. The fourth-order valence-corrected chi connectivity index (χ4v) is 3.43. The van der Waals surface area contributed by atoms with E-state index in [9.17, 15) is 0 Å². The van der Waals surface area contributed by atoms with E-state index in [1.165, 1.54) is 18.4 Å². The van der Waals surface area contributed by atoms with Crippen LogP contribution in [0.1, 0.15) is 24.8 Å². The van der Waals surface area contributed by atoms with Gasteiger partial charge in [-0.15, -0.1) is 0 Å². The first-order valence-corrected chi connectivity index (χ1v) is 6.08. The summed E-state index contributed by atoms with van der Waals surface area (Å²) in [6.45, 7) is 0. The molecule has 0 aliphatic heterocycles. The first-order chi connectivity index (χ1) is 7.12. The van der Waals surface area contributed by atoms with Crippen LogP contribution in [0.25, 0.3) is 0 Å². The van der Waals surface area contributed by atoms with Crippen LogP contribution in [0.3, 0.4) is 0 Å². The largest absolute Gasteiger partial charge is 0.328 e. The van der Waals surface area contributed by atoms with Crippen molar-refractivity contribution in [1.82, 2.24) is 0 Å². The van der Waals surface area contributed by atoms with E-state index in [0.29, 0.717) is 21.5 Å². The average molecular weight is 242 g/mol. The first kappa shape index (κ1) is 9.95. The molecule has 1 aromatic carbocycles. The molecule has 3 atom stereocenters. The summed E-state index contributed by atoms with van der Waals surface area (Å²) in [7, 11) is 0. The highest BCUT2D eigenvalue weighted by atomic mass is 35.5. The number of hydrogen-bond donors (Lipinski definition) is 1. The summed E-state index contributed by atoms with van der Waals surface area (Å²) in [6, 6.07) is 6.39. The second-order valence-electron chi connectivity index (χ2n) is 4.89. The van der Waals surface area contributed by atoms with Gasteiger partial charge in [-0.2, -0.15) is 0 Å². The molecule has 1 nitrogen and oxygen atoms in total. The summed E-state index contributed by atoms with van der Waals surface area (Å²) in [5.41, 5.74) is 7.66. The number of hydrogen-bond acceptors (Lipinski definition) is 1. The third kappa shape index (κ3) is 1.41. The van der Waals surface area contributed by atoms with Gasteiger partial charge in [0.15, 0.2) is 0 Å². The Balaban J connectivity index is 1.97. The zero-order chi connectivity index (χ0) is 10.6. The molecule has 2 aliphatic rings. The van der Waals surface area contributed by atoms with Crippen LogP contribution in [-0.4, -0.2) is 6.04 Å². The molecule has 3 rings (SSSR count). The fraction of sp³-hybridized carbons (Fsp3) is 0.500. The number of nitrogens with two attached hydrogens (primary N) is 1. The SMILES string of the molecule is NC1C[C@H]2C[C@@]2(c2ccc(Cl)c(Cl)c2)C1. The molecule has 1 aromatic rings. The van der Waals surface area contributed by atoms with Gasteiger partial charge in [-0.3, -0.25) is 0 Å². The smallest absolute Gasteiger partial charge is 0.0595 e. The average Bonchev–Trinajstić information content (AvgIpc) is 2.75. The lowest BCUT2D eigenvalue weighted by Crippen LogP contribution is -2.20. The lowest BCUT2D eigenvalue weighted by molar-refractivity contribution is 0.583. The normalized spacial score (nSPS) is 37.8. The molecule has 0 aromatic heterocycles. The molecule has 0 bridgehead atoms.